The summed E-state index contributed by atoms with van der Waals surface area (Å²) in [6.07, 6.45) is 1.59. The Morgan fingerprint density at radius 3 is 2.80 bits per heavy atom. The number of aromatic nitrogens is 2. The first kappa shape index (κ1) is 14.4. The maximum atomic E-state index is 6.16. The molecule has 0 aliphatic rings. The summed E-state index contributed by atoms with van der Waals surface area (Å²) in [6, 6.07) is 7.87. The molecule has 5 nitrogen and oxygen atoms in total. The van der Waals surface area contributed by atoms with Crippen molar-refractivity contribution in [2.24, 2.45) is 0 Å². The summed E-state index contributed by atoms with van der Waals surface area (Å²) in [6.45, 7) is 0.643. The van der Waals surface area contributed by atoms with Crippen molar-refractivity contribution in [3.05, 3.63) is 41.0 Å². The minimum atomic E-state index is 0.515. The monoisotopic (exact) mass is 292 g/mol. The highest BCUT2D eigenvalue weighted by molar-refractivity contribution is 6.32. The number of nitrogens with one attached hydrogen (secondary N) is 1. The van der Waals surface area contributed by atoms with E-state index < -0.39 is 0 Å². The lowest BCUT2D eigenvalue weighted by molar-refractivity contribution is 0.409. The predicted molar refractivity (Wildman–Crippen MR) is 81.7 cm³/mol. The molecule has 0 unspecified atom stereocenters. The molecule has 106 valence electrons. The molecule has 0 atom stereocenters. The normalized spacial score (nSPS) is 10.2. The first-order valence-corrected chi connectivity index (χ1v) is 6.56. The molecule has 20 heavy (non-hydrogen) atoms. The Kier molecular flexibility index (Phi) is 4.63. The van der Waals surface area contributed by atoms with Crippen LogP contribution in [-0.4, -0.2) is 31.2 Å². The van der Waals surface area contributed by atoms with E-state index in [-0.39, 0.29) is 0 Å². The van der Waals surface area contributed by atoms with Crippen LogP contribution in [0.3, 0.4) is 0 Å². The van der Waals surface area contributed by atoms with Gasteiger partial charge in [-0.05, 0) is 6.07 Å². The fourth-order valence-electron chi connectivity index (χ4n) is 1.91. The van der Waals surface area contributed by atoms with Crippen molar-refractivity contribution in [3.63, 3.8) is 0 Å². The van der Waals surface area contributed by atoms with Crippen LogP contribution < -0.4 is 15.0 Å². The quantitative estimate of drug-likeness (QED) is 0.918. The smallest absolute Gasteiger partial charge is 0.224 e. The molecule has 0 aliphatic heterocycles. The van der Waals surface area contributed by atoms with Gasteiger partial charge in [0.1, 0.15) is 10.8 Å². The van der Waals surface area contributed by atoms with E-state index in [1.54, 1.807) is 20.4 Å². The van der Waals surface area contributed by atoms with E-state index in [4.69, 9.17) is 16.3 Å². The van der Waals surface area contributed by atoms with Gasteiger partial charge in [-0.3, -0.25) is 0 Å². The van der Waals surface area contributed by atoms with Crippen LogP contribution in [0.15, 0.2) is 30.5 Å². The highest BCUT2D eigenvalue weighted by Crippen LogP contribution is 2.26. The van der Waals surface area contributed by atoms with Gasteiger partial charge >= 0.3 is 0 Å². The SMILES string of the molecule is CNc1ncc(Cl)c(N(C)Cc2ccccc2OC)n1. The van der Waals surface area contributed by atoms with Gasteiger partial charge in [-0.1, -0.05) is 29.8 Å². The molecular weight excluding hydrogens is 276 g/mol. The van der Waals surface area contributed by atoms with Crippen LogP contribution in [0, 0.1) is 0 Å². The van der Waals surface area contributed by atoms with Crippen molar-refractivity contribution in [3.8, 4) is 5.75 Å². The molecular formula is C14H17ClN4O. The van der Waals surface area contributed by atoms with Crippen LogP contribution in [-0.2, 0) is 6.54 Å². The number of methoxy groups -OCH3 is 1. The third-order valence-corrected chi connectivity index (χ3v) is 3.18. The largest absolute Gasteiger partial charge is 0.496 e. The Morgan fingerprint density at radius 1 is 1.35 bits per heavy atom. The molecule has 0 aliphatic carbocycles. The first-order chi connectivity index (χ1) is 9.65. The standard InChI is InChI=1S/C14H17ClN4O/c1-16-14-17-8-11(15)13(18-14)19(2)9-10-6-4-5-7-12(10)20-3/h4-8H,9H2,1-3H3,(H,16,17,18). The topological polar surface area (TPSA) is 50.3 Å². The third-order valence-electron chi connectivity index (χ3n) is 2.91. The Morgan fingerprint density at radius 2 is 2.10 bits per heavy atom. The number of nitrogens with zero attached hydrogens (tertiary/aromatic N) is 3. The van der Waals surface area contributed by atoms with E-state index in [2.05, 4.69) is 15.3 Å². The van der Waals surface area contributed by atoms with Crippen molar-refractivity contribution in [2.75, 3.05) is 31.4 Å². The van der Waals surface area contributed by atoms with Gasteiger partial charge in [0, 0.05) is 26.2 Å². The molecule has 6 heteroatoms. The van der Waals surface area contributed by atoms with Crippen LogP contribution in [0.4, 0.5) is 11.8 Å². The van der Waals surface area contributed by atoms with Gasteiger partial charge in [-0.2, -0.15) is 4.98 Å². The maximum Gasteiger partial charge on any atom is 0.224 e. The number of rotatable bonds is 5. The highest BCUT2D eigenvalue weighted by Gasteiger charge is 2.12. The first-order valence-electron chi connectivity index (χ1n) is 6.19. The zero-order valence-electron chi connectivity index (χ0n) is 11.7. The molecule has 0 saturated carbocycles. The molecule has 2 aromatic rings. The van der Waals surface area contributed by atoms with E-state index in [1.165, 1.54) is 0 Å². The number of para-hydroxylation sites is 1. The average molecular weight is 293 g/mol. The fraction of sp³-hybridized carbons (Fsp3) is 0.286. The summed E-state index contributed by atoms with van der Waals surface area (Å²) in [5.41, 5.74) is 1.07. The van der Waals surface area contributed by atoms with E-state index in [9.17, 15) is 0 Å². The number of hydrogen-bond acceptors (Lipinski definition) is 5. The summed E-state index contributed by atoms with van der Waals surface area (Å²) < 4.78 is 5.35. The van der Waals surface area contributed by atoms with E-state index in [0.29, 0.717) is 23.3 Å². The second-order valence-electron chi connectivity index (χ2n) is 4.28. The molecule has 1 N–H and O–H groups in total. The van der Waals surface area contributed by atoms with E-state index in [1.807, 2.05) is 36.2 Å². The lowest BCUT2D eigenvalue weighted by atomic mass is 10.2. The summed E-state index contributed by atoms with van der Waals surface area (Å²) in [5, 5.41) is 3.42. The van der Waals surface area contributed by atoms with Crippen molar-refractivity contribution < 1.29 is 4.74 Å². The number of halogens is 1. The van der Waals surface area contributed by atoms with Crippen LogP contribution in [0.5, 0.6) is 5.75 Å². The summed E-state index contributed by atoms with van der Waals surface area (Å²) in [5.74, 6) is 2.06. The minimum absolute atomic E-state index is 0.515. The second-order valence-corrected chi connectivity index (χ2v) is 4.69. The molecule has 0 fully saturated rings. The van der Waals surface area contributed by atoms with Gasteiger partial charge in [-0.25, -0.2) is 4.98 Å². The predicted octanol–water partition coefficient (Wildman–Crippen LogP) is 2.82. The van der Waals surface area contributed by atoms with Crippen molar-refractivity contribution in [1.82, 2.24) is 9.97 Å². The van der Waals surface area contributed by atoms with E-state index in [0.717, 1.165) is 11.3 Å². The highest BCUT2D eigenvalue weighted by atomic mass is 35.5. The van der Waals surface area contributed by atoms with Crippen molar-refractivity contribution >= 4 is 23.4 Å². The molecule has 0 saturated heterocycles. The number of ether oxygens (including phenoxy) is 1. The molecule has 1 aromatic carbocycles. The Hall–Kier alpha value is -2.01. The molecule has 0 radical (unpaired) electrons. The van der Waals surface area contributed by atoms with Gasteiger partial charge in [0.15, 0.2) is 5.82 Å². The maximum absolute atomic E-state index is 6.16. The number of benzene rings is 1. The van der Waals surface area contributed by atoms with Crippen LogP contribution in [0.25, 0.3) is 0 Å². The zero-order valence-corrected chi connectivity index (χ0v) is 12.5. The number of hydrogen-bond donors (Lipinski definition) is 1. The number of anilines is 2. The molecule has 1 heterocycles. The molecule has 0 amide bonds. The summed E-state index contributed by atoms with van der Waals surface area (Å²) in [7, 11) is 5.36. The molecule has 2 rings (SSSR count). The van der Waals surface area contributed by atoms with Crippen LogP contribution in [0.2, 0.25) is 5.02 Å². The Labute approximate surface area is 123 Å². The van der Waals surface area contributed by atoms with Crippen molar-refractivity contribution in [2.45, 2.75) is 6.54 Å². The zero-order chi connectivity index (χ0) is 14.5. The lowest BCUT2D eigenvalue weighted by Crippen LogP contribution is -2.19. The Bertz CT molecular complexity index is 591. The summed E-state index contributed by atoms with van der Waals surface area (Å²) >= 11 is 6.16. The Balaban J connectivity index is 2.25. The molecule has 0 bridgehead atoms. The average Bonchev–Trinajstić information content (AvgIpc) is 2.48. The second kappa shape index (κ2) is 6.43. The minimum Gasteiger partial charge on any atom is -0.496 e. The van der Waals surface area contributed by atoms with Crippen LogP contribution >= 0.6 is 11.6 Å². The van der Waals surface area contributed by atoms with E-state index >= 15 is 0 Å². The van der Waals surface area contributed by atoms with Gasteiger partial charge in [0.2, 0.25) is 5.95 Å². The molecule has 0 spiro atoms. The van der Waals surface area contributed by atoms with Gasteiger partial charge in [0.25, 0.3) is 0 Å². The third kappa shape index (κ3) is 3.11. The van der Waals surface area contributed by atoms with Gasteiger partial charge in [0.05, 0.1) is 13.3 Å². The van der Waals surface area contributed by atoms with Crippen molar-refractivity contribution in [1.29, 1.82) is 0 Å². The summed E-state index contributed by atoms with van der Waals surface area (Å²) in [4.78, 5) is 10.4. The lowest BCUT2D eigenvalue weighted by Gasteiger charge is -2.21. The fourth-order valence-corrected chi connectivity index (χ4v) is 2.15. The van der Waals surface area contributed by atoms with Gasteiger partial charge in [-0.15, -0.1) is 0 Å². The van der Waals surface area contributed by atoms with Gasteiger partial charge < -0.3 is 15.0 Å². The molecule has 1 aromatic heterocycles. The van der Waals surface area contributed by atoms with Crippen LogP contribution in [0.1, 0.15) is 5.56 Å².